The molecule has 0 aliphatic carbocycles. The Labute approximate surface area is 92.6 Å². The van der Waals surface area contributed by atoms with Gasteiger partial charge in [-0.25, -0.2) is 0 Å². The molecule has 0 saturated carbocycles. The molecule has 86 valence electrons. The number of nitrogens with zero attached hydrogens (tertiary/aromatic N) is 1. The van der Waals surface area contributed by atoms with Gasteiger partial charge in [-0.15, -0.1) is 0 Å². The predicted molar refractivity (Wildman–Crippen MR) is 60.0 cm³/mol. The Balaban J connectivity index is 2.70. The van der Waals surface area contributed by atoms with Crippen LogP contribution >= 0.6 is 0 Å². The third kappa shape index (κ3) is 3.56. The Kier molecular flexibility index (Phi) is 3.82. The number of hydrogen-bond donors (Lipinski definition) is 2. The summed E-state index contributed by atoms with van der Waals surface area (Å²) in [5.74, 6) is -0.412. The number of non-ortho nitro benzene ring substituents is 1. The number of nitro benzene ring substituents is 1. The van der Waals surface area contributed by atoms with Crippen LogP contribution in [0.5, 0.6) is 0 Å². The number of anilines is 1. The van der Waals surface area contributed by atoms with Crippen LogP contribution in [0, 0.1) is 10.1 Å². The highest BCUT2D eigenvalue weighted by Gasteiger charge is 2.09. The number of amides is 1. The molecule has 0 aliphatic rings. The Morgan fingerprint density at radius 1 is 1.62 bits per heavy atom. The standard InChI is InChI=1S/C10H13N3O3/c1-7(5-10(11)14)12-8-3-2-4-9(6-8)13(15)16/h2-4,6-7,12H,5H2,1H3,(H2,11,14). The van der Waals surface area contributed by atoms with Gasteiger partial charge in [0, 0.05) is 30.3 Å². The van der Waals surface area contributed by atoms with Gasteiger partial charge in [-0.1, -0.05) is 6.07 Å². The van der Waals surface area contributed by atoms with Gasteiger partial charge in [-0.3, -0.25) is 14.9 Å². The maximum absolute atomic E-state index is 10.6. The highest BCUT2D eigenvalue weighted by molar-refractivity contribution is 5.74. The highest BCUT2D eigenvalue weighted by Crippen LogP contribution is 2.18. The van der Waals surface area contributed by atoms with E-state index in [2.05, 4.69) is 5.32 Å². The van der Waals surface area contributed by atoms with Crippen LogP contribution < -0.4 is 11.1 Å². The van der Waals surface area contributed by atoms with Crippen LogP contribution in [0.15, 0.2) is 24.3 Å². The molecule has 0 radical (unpaired) electrons. The van der Waals surface area contributed by atoms with E-state index in [1.54, 1.807) is 19.1 Å². The maximum atomic E-state index is 10.6. The van der Waals surface area contributed by atoms with E-state index in [0.29, 0.717) is 5.69 Å². The van der Waals surface area contributed by atoms with Crippen molar-refractivity contribution in [3.63, 3.8) is 0 Å². The van der Waals surface area contributed by atoms with Crippen molar-refractivity contribution < 1.29 is 9.72 Å². The lowest BCUT2D eigenvalue weighted by Gasteiger charge is -2.12. The number of rotatable bonds is 5. The van der Waals surface area contributed by atoms with Crippen molar-refractivity contribution in [3.8, 4) is 0 Å². The van der Waals surface area contributed by atoms with Gasteiger partial charge in [0.1, 0.15) is 0 Å². The fourth-order valence-electron chi connectivity index (χ4n) is 1.35. The van der Waals surface area contributed by atoms with Gasteiger partial charge in [0.05, 0.1) is 4.92 Å². The normalized spacial score (nSPS) is 11.8. The summed E-state index contributed by atoms with van der Waals surface area (Å²) < 4.78 is 0. The summed E-state index contributed by atoms with van der Waals surface area (Å²) in [5, 5.41) is 13.5. The number of carbonyl (C=O) groups is 1. The van der Waals surface area contributed by atoms with E-state index < -0.39 is 10.8 Å². The molecule has 0 heterocycles. The Hall–Kier alpha value is -2.11. The van der Waals surface area contributed by atoms with E-state index in [1.807, 2.05) is 0 Å². The molecule has 0 aliphatic heterocycles. The van der Waals surface area contributed by atoms with Crippen LogP contribution in [0.2, 0.25) is 0 Å². The van der Waals surface area contributed by atoms with Crippen molar-refractivity contribution in [1.82, 2.24) is 0 Å². The van der Waals surface area contributed by atoms with E-state index in [9.17, 15) is 14.9 Å². The zero-order chi connectivity index (χ0) is 12.1. The second-order valence-electron chi connectivity index (χ2n) is 3.52. The maximum Gasteiger partial charge on any atom is 0.271 e. The minimum atomic E-state index is -0.468. The van der Waals surface area contributed by atoms with Crippen LogP contribution in [0.25, 0.3) is 0 Å². The Morgan fingerprint density at radius 2 is 2.31 bits per heavy atom. The lowest BCUT2D eigenvalue weighted by molar-refractivity contribution is -0.384. The first-order valence-corrected chi connectivity index (χ1v) is 4.78. The van der Waals surface area contributed by atoms with E-state index in [-0.39, 0.29) is 18.2 Å². The van der Waals surface area contributed by atoms with Crippen molar-refractivity contribution in [1.29, 1.82) is 0 Å². The molecule has 0 aromatic heterocycles. The molecular weight excluding hydrogens is 210 g/mol. The minimum absolute atomic E-state index is 0.0104. The second-order valence-corrected chi connectivity index (χ2v) is 3.52. The summed E-state index contributed by atoms with van der Waals surface area (Å²) in [6.07, 6.45) is 0.183. The quantitative estimate of drug-likeness (QED) is 0.580. The lowest BCUT2D eigenvalue weighted by Crippen LogP contribution is -2.23. The van der Waals surface area contributed by atoms with Crippen LogP contribution in [-0.4, -0.2) is 16.9 Å². The summed E-state index contributed by atoms with van der Waals surface area (Å²) >= 11 is 0. The Morgan fingerprint density at radius 3 is 2.88 bits per heavy atom. The van der Waals surface area contributed by atoms with Gasteiger partial charge in [-0.05, 0) is 13.0 Å². The number of nitrogens with two attached hydrogens (primary N) is 1. The van der Waals surface area contributed by atoms with Crippen LogP contribution in [0.3, 0.4) is 0 Å². The van der Waals surface area contributed by atoms with Gasteiger partial charge >= 0.3 is 0 Å². The third-order valence-corrected chi connectivity index (χ3v) is 1.98. The van der Waals surface area contributed by atoms with Gasteiger partial charge in [0.25, 0.3) is 5.69 Å². The molecule has 0 saturated heterocycles. The molecule has 6 nitrogen and oxygen atoms in total. The molecular formula is C10H13N3O3. The SMILES string of the molecule is CC(CC(N)=O)Nc1cccc([N+](=O)[O-])c1. The van der Waals surface area contributed by atoms with Crippen molar-refractivity contribution in [2.45, 2.75) is 19.4 Å². The summed E-state index contributed by atoms with van der Waals surface area (Å²) in [6.45, 7) is 1.78. The molecule has 16 heavy (non-hydrogen) atoms. The second kappa shape index (κ2) is 5.11. The Bertz CT molecular complexity index is 406. The highest BCUT2D eigenvalue weighted by atomic mass is 16.6. The first kappa shape index (κ1) is 12.0. The first-order valence-electron chi connectivity index (χ1n) is 4.78. The van der Waals surface area contributed by atoms with Gasteiger partial charge < -0.3 is 11.1 Å². The average Bonchev–Trinajstić information content (AvgIpc) is 2.16. The average molecular weight is 223 g/mol. The molecule has 1 atom stereocenters. The molecule has 1 aromatic carbocycles. The molecule has 0 bridgehead atoms. The van der Waals surface area contributed by atoms with E-state index in [1.165, 1.54) is 12.1 Å². The van der Waals surface area contributed by atoms with Crippen LogP contribution in [0.4, 0.5) is 11.4 Å². The summed E-state index contributed by atoms with van der Waals surface area (Å²) in [5.41, 5.74) is 5.65. The molecule has 0 fully saturated rings. The van der Waals surface area contributed by atoms with Crippen LogP contribution in [0.1, 0.15) is 13.3 Å². The summed E-state index contributed by atoms with van der Waals surface area (Å²) in [6, 6.07) is 5.95. The van der Waals surface area contributed by atoms with Crippen molar-refractivity contribution in [3.05, 3.63) is 34.4 Å². The van der Waals surface area contributed by atoms with E-state index in [4.69, 9.17) is 5.73 Å². The number of nitro groups is 1. The lowest BCUT2D eigenvalue weighted by atomic mass is 10.2. The third-order valence-electron chi connectivity index (χ3n) is 1.98. The molecule has 1 unspecified atom stereocenters. The smallest absolute Gasteiger partial charge is 0.271 e. The van der Waals surface area contributed by atoms with Gasteiger partial charge in [0.2, 0.25) is 5.91 Å². The van der Waals surface area contributed by atoms with Gasteiger partial charge in [0.15, 0.2) is 0 Å². The number of carbonyl (C=O) groups excluding carboxylic acids is 1. The molecule has 1 amide bonds. The molecule has 6 heteroatoms. The topological polar surface area (TPSA) is 98.3 Å². The number of hydrogen-bond acceptors (Lipinski definition) is 4. The fraction of sp³-hybridized carbons (Fsp3) is 0.300. The van der Waals surface area contributed by atoms with E-state index in [0.717, 1.165) is 0 Å². The van der Waals surface area contributed by atoms with Gasteiger partial charge in [-0.2, -0.15) is 0 Å². The number of primary amides is 1. The van der Waals surface area contributed by atoms with Crippen LogP contribution in [-0.2, 0) is 4.79 Å². The molecule has 1 rings (SSSR count). The number of nitrogens with one attached hydrogen (secondary N) is 1. The largest absolute Gasteiger partial charge is 0.382 e. The van der Waals surface area contributed by atoms with Crippen molar-refractivity contribution in [2.75, 3.05) is 5.32 Å². The monoisotopic (exact) mass is 223 g/mol. The summed E-state index contributed by atoms with van der Waals surface area (Å²) in [4.78, 5) is 20.7. The fourth-order valence-corrected chi connectivity index (χ4v) is 1.35. The summed E-state index contributed by atoms with van der Waals surface area (Å²) in [7, 11) is 0. The molecule has 0 spiro atoms. The zero-order valence-electron chi connectivity index (χ0n) is 8.84. The molecule has 3 N–H and O–H groups in total. The molecule has 1 aromatic rings. The van der Waals surface area contributed by atoms with Crippen molar-refractivity contribution in [2.24, 2.45) is 5.73 Å². The zero-order valence-corrected chi connectivity index (χ0v) is 8.84. The number of benzene rings is 1. The first-order chi connectivity index (χ1) is 7.49. The minimum Gasteiger partial charge on any atom is -0.382 e. The van der Waals surface area contributed by atoms with Crippen molar-refractivity contribution >= 4 is 17.3 Å². The predicted octanol–water partition coefficient (Wildman–Crippen LogP) is 1.27. The van der Waals surface area contributed by atoms with E-state index >= 15 is 0 Å².